The lowest BCUT2D eigenvalue weighted by atomic mass is 9.93. The van der Waals surface area contributed by atoms with E-state index in [1.807, 2.05) is 30.1 Å². The summed E-state index contributed by atoms with van der Waals surface area (Å²) in [6.45, 7) is 3.93. The Balaban J connectivity index is 1.33. The number of ether oxygens (including phenoxy) is 1. The molecular weight excluding hydrogens is 334 g/mol. The van der Waals surface area contributed by atoms with Gasteiger partial charge in [0.15, 0.2) is 0 Å². The monoisotopic (exact) mass is 359 g/mol. The number of hydrogen-bond donors (Lipinski definition) is 0. The highest BCUT2D eigenvalue weighted by Gasteiger charge is 2.60. The number of amides is 2. The van der Waals surface area contributed by atoms with E-state index in [1.165, 1.54) is 0 Å². The molecule has 0 N–H and O–H groups in total. The summed E-state index contributed by atoms with van der Waals surface area (Å²) < 4.78 is 7.14. The van der Waals surface area contributed by atoms with Gasteiger partial charge in [-0.3, -0.25) is 19.2 Å². The normalized spacial score (nSPS) is 36.8. The molecule has 3 aliphatic heterocycles. The lowest BCUT2D eigenvalue weighted by Gasteiger charge is -2.46. The van der Waals surface area contributed by atoms with E-state index in [0.29, 0.717) is 37.4 Å². The number of piperazine rings is 1. The number of nitrogens with zero attached hydrogens (tertiary/aromatic N) is 5. The first kappa shape index (κ1) is 16.3. The summed E-state index contributed by atoms with van der Waals surface area (Å²) >= 11 is 0. The number of hydrogen-bond acceptors (Lipinski definition) is 5. The van der Waals surface area contributed by atoms with Crippen molar-refractivity contribution < 1.29 is 14.3 Å². The van der Waals surface area contributed by atoms with Gasteiger partial charge in [-0.15, -0.1) is 0 Å². The molecule has 5 rings (SSSR count). The molecule has 4 aliphatic rings. The maximum Gasteiger partial charge on any atom is 0.241 e. The van der Waals surface area contributed by atoms with Crippen molar-refractivity contribution in [3.63, 3.8) is 0 Å². The van der Waals surface area contributed by atoms with E-state index in [-0.39, 0.29) is 17.4 Å². The van der Waals surface area contributed by atoms with Crippen LogP contribution < -0.4 is 4.90 Å². The van der Waals surface area contributed by atoms with Crippen LogP contribution in [-0.2, 0) is 21.4 Å². The predicted molar refractivity (Wildman–Crippen MR) is 93.4 cm³/mol. The molecule has 3 saturated heterocycles. The Labute approximate surface area is 152 Å². The first-order valence-electron chi connectivity index (χ1n) is 9.35. The Morgan fingerprint density at radius 3 is 2.73 bits per heavy atom. The van der Waals surface area contributed by atoms with Crippen molar-refractivity contribution in [1.29, 1.82) is 0 Å². The first-order valence-corrected chi connectivity index (χ1v) is 9.35. The van der Waals surface area contributed by atoms with Crippen LogP contribution in [0.4, 0.5) is 5.69 Å². The van der Waals surface area contributed by atoms with Gasteiger partial charge in [0.05, 0.1) is 37.2 Å². The zero-order chi connectivity index (χ0) is 18.1. The largest absolute Gasteiger partial charge is 0.381 e. The number of fused-ring (bicyclic) bond motifs is 1. The van der Waals surface area contributed by atoms with Gasteiger partial charge < -0.3 is 14.5 Å². The molecular formula is C18H25N5O3. The molecule has 26 heavy (non-hydrogen) atoms. The molecule has 4 heterocycles. The third-order valence-electron chi connectivity index (χ3n) is 6.82. The second-order valence-electron chi connectivity index (χ2n) is 8.33. The van der Waals surface area contributed by atoms with E-state index in [4.69, 9.17) is 4.74 Å². The predicted octanol–water partition coefficient (Wildman–Crippen LogP) is -0.438. The van der Waals surface area contributed by atoms with E-state index in [0.717, 1.165) is 31.9 Å². The smallest absolute Gasteiger partial charge is 0.241 e. The number of anilines is 1. The maximum absolute atomic E-state index is 12.9. The van der Waals surface area contributed by atoms with Crippen LogP contribution in [-0.4, -0.2) is 83.4 Å². The molecule has 2 amide bonds. The summed E-state index contributed by atoms with van der Waals surface area (Å²) in [5.41, 5.74) is 0.670. The minimum atomic E-state index is -0.167. The van der Waals surface area contributed by atoms with Crippen LogP contribution in [0.2, 0.25) is 0 Å². The molecule has 1 saturated carbocycles. The fourth-order valence-corrected chi connectivity index (χ4v) is 5.04. The molecule has 8 nitrogen and oxygen atoms in total. The number of aromatic nitrogens is 2. The number of rotatable bonds is 2. The highest BCUT2D eigenvalue weighted by atomic mass is 16.5. The average Bonchev–Trinajstić information content (AvgIpc) is 3.05. The van der Waals surface area contributed by atoms with Crippen LogP contribution in [0.1, 0.15) is 6.42 Å². The zero-order valence-electron chi connectivity index (χ0n) is 15.3. The maximum atomic E-state index is 12.9. The lowest BCUT2D eigenvalue weighted by molar-refractivity contribution is -0.133. The molecule has 1 spiro atoms. The summed E-state index contributed by atoms with van der Waals surface area (Å²) in [5.74, 6) is 1.43. The quantitative estimate of drug-likeness (QED) is 0.716. The molecule has 0 radical (unpaired) electrons. The molecule has 140 valence electrons. The Kier molecular flexibility index (Phi) is 3.46. The highest BCUT2D eigenvalue weighted by molar-refractivity contribution is 5.95. The van der Waals surface area contributed by atoms with Gasteiger partial charge in [-0.1, -0.05) is 0 Å². The first-order chi connectivity index (χ1) is 12.5. The molecule has 1 aromatic heterocycles. The van der Waals surface area contributed by atoms with Crippen LogP contribution >= 0.6 is 0 Å². The van der Waals surface area contributed by atoms with Gasteiger partial charge in [-0.2, -0.15) is 5.10 Å². The molecule has 0 aromatic carbocycles. The molecule has 1 aliphatic carbocycles. The number of likely N-dealkylation sites (tertiary alicyclic amines) is 1. The Bertz CT molecular complexity index is 754. The van der Waals surface area contributed by atoms with E-state index in [1.54, 1.807) is 10.9 Å². The van der Waals surface area contributed by atoms with Gasteiger partial charge >= 0.3 is 0 Å². The minimum absolute atomic E-state index is 0.0878. The van der Waals surface area contributed by atoms with Crippen LogP contribution in [0.25, 0.3) is 0 Å². The van der Waals surface area contributed by atoms with Crippen molar-refractivity contribution in [1.82, 2.24) is 19.6 Å². The summed E-state index contributed by atoms with van der Waals surface area (Å²) in [6, 6.07) is 0. The van der Waals surface area contributed by atoms with E-state index in [9.17, 15) is 9.59 Å². The van der Waals surface area contributed by atoms with Gasteiger partial charge in [0.1, 0.15) is 0 Å². The SMILES string of the molecule is CN1CC(=O)N(c2cnn(C)c2)CC12CCN(C(=O)C1[C@H]3COC[C@@H]13)C2. The molecule has 2 unspecified atom stereocenters. The molecule has 1 aromatic rings. The van der Waals surface area contributed by atoms with Crippen LogP contribution in [0, 0.1) is 17.8 Å². The minimum Gasteiger partial charge on any atom is -0.381 e. The third-order valence-corrected chi connectivity index (χ3v) is 6.82. The van der Waals surface area contributed by atoms with E-state index < -0.39 is 0 Å². The Morgan fingerprint density at radius 2 is 2.04 bits per heavy atom. The fourth-order valence-electron chi connectivity index (χ4n) is 5.04. The molecule has 8 heteroatoms. The van der Waals surface area contributed by atoms with E-state index >= 15 is 0 Å². The van der Waals surface area contributed by atoms with Crippen molar-refractivity contribution in [2.24, 2.45) is 24.8 Å². The number of carbonyl (C=O) groups is 2. The summed E-state index contributed by atoms with van der Waals surface area (Å²) in [5, 5.41) is 4.20. The number of likely N-dealkylation sites (N-methyl/N-ethyl adjacent to an activating group) is 1. The number of aryl methyl sites for hydroxylation is 1. The Hall–Kier alpha value is -1.93. The highest BCUT2D eigenvalue weighted by Crippen LogP contribution is 2.52. The lowest BCUT2D eigenvalue weighted by Crippen LogP contribution is -2.64. The second kappa shape index (κ2) is 5.53. The molecule has 4 fully saturated rings. The standard InChI is InChI=1S/C18H25N5O3/c1-20-7-15(24)23(12-5-19-21(2)6-12)11-18(20)3-4-22(10-18)17(25)16-13-8-26-9-14(13)16/h5-6,13-14,16H,3-4,7-11H2,1-2H3/t13-,14+,16?,18?. The second-order valence-corrected chi connectivity index (χ2v) is 8.33. The third kappa shape index (κ3) is 2.31. The van der Waals surface area contributed by atoms with Gasteiger partial charge in [0.2, 0.25) is 11.8 Å². The summed E-state index contributed by atoms with van der Waals surface area (Å²) in [7, 11) is 3.86. The number of carbonyl (C=O) groups excluding carboxylic acids is 2. The average molecular weight is 359 g/mol. The molecule has 4 atom stereocenters. The van der Waals surface area contributed by atoms with Crippen LogP contribution in [0.15, 0.2) is 12.4 Å². The van der Waals surface area contributed by atoms with Crippen molar-refractivity contribution in [2.45, 2.75) is 12.0 Å². The zero-order valence-corrected chi connectivity index (χ0v) is 15.3. The van der Waals surface area contributed by atoms with Gasteiger partial charge in [-0.25, -0.2) is 0 Å². The summed E-state index contributed by atoms with van der Waals surface area (Å²) in [6.07, 6.45) is 4.51. The van der Waals surface area contributed by atoms with Gasteiger partial charge in [0, 0.05) is 38.8 Å². The van der Waals surface area contributed by atoms with E-state index in [2.05, 4.69) is 10.00 Å². The Morgan fingerprint density at radius 1 is 1.27 bits per heavy atom. The molecule has 0 bridgehead atoms. The van der Waals surface area contributed by atoms with Crippen molar-refractivity contribution in [3.8, 4) is 0 Å². The van der Waals surface area contributed by atoms with Crippen molar-refractivity contribution >= 4 is 17.5 Å². The topological polar surface area (TPSA) is 70.9 Å². The van der Waals surface area contributed by atoms with Crippen LogP contribution in [0.3, 0.4) is 0 Å². The summed E-state index contributed by atoms with van der Waals surface area (Å²) in [4.78, 5) is 31.5. The van der Waals surface area contributed by atoms with Crippen molar-refractivity contribution in [3.05, 3.63) is 12.4 Å². The van der Waals surface area contributed by atoms with Crippen LogP contribution in [0.5, 0.6) is 0 Å². The van der Waals surface area contributed by atoms with Crippen molar-refractivity contribution in [2.75, 3.05) is 51.3 Å². The van der Waals surface area contributed by atoms with Gasteiger partial charge in [0.25, 0.3) is 0 Å². The van der Waals surface area contributed by atoms with Gasteiger partial charge in [-0.05, 0) is 25.3 Å². The fraction of sp³-hybridized carbons (Fsp3) is 0.722.